The number of nitrogens with two attached hydrogens (primary N) is 1. The number of benzene rings is 1. The maximum Gasteiger partial charge on any atom is 0.256 e. The Morgan fingerprint density at radius 2 is 1.88 bits per heavy atom. The lowest BCUT2D eigenvalue weighted by molar-refractivity contribution is 0.1000. The van der Waals surface area contributed by atoms with Crippen LogP contribution >= 0.6 is 0 Å². The standard InChI is InChI=1S/C18H17N5O2/c1-2-14-15(11-6-8-20-9-7-11)22-23-17(14)21-18(25)13-5-3-4-12(10-13)16(19)24/h3-10H,2H2,1H3,(H2,19,24)(H2,21,22,23,25). The molecule has 0 aliphatic rings. The number of nitrogens with one attached hydrogen (secondary N) is 2. The number of hydrogen-bond donors (Lipinski definition) is 3. The minimum Gasteiger partial charge on any atom is -0.366 e. The number of aromatic amines is 1. The van der Waals surface area contributed by atoms with Gasteiger partial charge >= 0.3 is 0 Å². The van der Waals surface area contributed by atoms with Crippen molar-refractivity contribution in [3.05, 3.63) is 65.5 Å². The van der Waals surface area contributed by atoms with Gasteiger partial charge in [-0.15, -0.1) is 0 Å². The maximum atomic E-state index is 12.5. The summed E-state index contributed by atoms with van der Waals surface area (Å²) >= 11 is 0. The van der Waals surface area contributed by atoms with Crippen molar-refractivity contribution in [2.75, 3.05) is 5.32 Å². The minimum atomic E-state index is -0.580. The maximum absolute atomic E-state index is 12.5. The number of hydrogen-bond acceptors (Lipinski definition) is 4. The van der Waals surface area contributed by atoms with Crippen LogP contribution in [-0.4, -0.2) is 27.0 Å². The second kappa shape index (κ2) is 6.96. The van der Waals surface area contributed by atoms with Gasteiger partial charge in [0, 0.05) is 34.6 Å². The second-order valence-electron chi connectivity index (χ2n) is 5.41. The van der Waals surface area contributed by atoms with E-state index in [9.17, 15) is 9.59 Å². The van der Waals surface area contributed by atoms with Gasteiger partial charge in [0.1, 0.15) is 0 Å². The summed E-state index contributed by atoms with van der Waals surface area (Å²) in [6.45, 7) is 1.99. The van der Waals surface area contributed by atoms with Crippen molar-refractivity contribution in [2.24, 2.45) is 5.73 Å². The highest BCUT2D eigenvalue weighted by molar-refractivity contribution is 6.06. The van der Waals surface area contributed by atoms with Gasteiger partial charge in [0.15, 0.2) is 5.82 Å². The average molecular weight is 335 g/mol. The van der Waals surface area contributed by atoms with Gasteiger partial charge < -0.3 is 11.1 Å². The topological polar surface area (TPSA) is 114 Å². The van der Waals surface area contributed by atoms with Crippen LogP contribution < -0.4 is 11.1 Å². The van der Waals surface area contributed by atoms with Crippen LogP contribution in [-0.2, 0) is 6.42 Å². The molecule has 2 amide bonds. The van der Waals surface area contributed by atoms with Gasteiger partial charge in [-0.25, -0.2) is 0 Å². The predicted octanol–water partition coefficient (Wildman–Crippen LogP) is 2.39. The first-order valence-corrected chi connectivity index (χ1v) is 7.79. The Hall–Kier alpha value is -3.48. The Morgan fingerprint density at radius 3 is 2.56 bits per heavy atom. The van der Waals surface area contributed by atoms with E-state index < -0.39 is 5.91 Å². The Kier molecular flexibility index (Phi) is 4.56. The molecule has 0 atom stereocenters. The zero-order valence-electron chi connectivity index (χ0n) is 13.6. The molecule has 2 aromatic heterocycles. The number of amides is 2. The van der Waals surface area contributed by atoms with Crippen LogP contribution in [0.1, 0.15) is 33.2 Å². The molecule has 0 aliphatic carbocycles. The van der Waals surface area contributed by atoms with Gasteiger partial charge in [-0.2, -0.15) is 5.10 Å². The van der Waals surface area contributed by atoms with Crippen LogP contribution in [0.5, 0.6) is 0 Å². The Balaban J connectivity index is 1.88. The number of H-pyrrole nitrogens is 1. The number of primary amides is 1. The smallest absolute Gasteiger partial charge is 0.256 e. The largest absolute Gasteiger partial charge is 0.366 e. The van der Waals surface area contributed by atoms with Gasteiger partial charge in [-0.1, -0.05) is 13.0 Å². The Bertz CT molecular complexity index is 918. The first-order chi connectivity index (χ1) is 12.1. The van der Waals surface area contributed by atoms with Crippen molar-refractivity contribution in [3.63, 3.8) is 0 Å². The van der Waals surface area contributed by atoms with E-state index in [0.29, 0.717) is 17.8 Å². The zero-order valence-corrected chi connectivity index (χ0v) is 13.6. The van der Waals surface area contributed by atoms with E-state index in [1.807, 2.05) is 19.1 Å². The van der Waals surface area contributed by atoms with E-state index in [1.54, 1.807) is 30.6 Å². The lowest BCUT2D eigenvalue weighted by Crippen LogP contribution is -2.16. The summed E-state index contributed by atoms with van der Waals surface area (Å²) in [4.78, 5) is 27.7. The number of aromatic nitrogens is 3. The molecule has 0 saturated heterocycles. The van der Waals surface area contributed by atoms with Crippen molar-refractivity contribution in [1.29, 1.82) is 0 Å². The van der Waals surface area contributed by atoms with Gasteiger partial charge in [-0.3, -0.25) is 19.7 Å². The SMILES string of the molecule is CCc1c(NC(=O)c2cccc(C(N)=O)c2)n[nH]c1-c1ccncc1. The van der Waals surface area contributed by atoms with Gasteiger partial charge in [0.2, 0.25) is 5.91 Å². The van der Waals surface area contributed by atoms with Crippen LogP contribution in [0.4, 0.5) is 5.82 Å². The molecule has 3 aromatic rings. The van der Waals surface area contributed by atoms with Crippen molar-refractivity contribution >= 4 is 17.6 Å². The molecule has 25 heavy (non-hydrogen) atoms. The average Bonchev–Trinajstić information content (AvgIpc) is 3.05. The Morgan fingerprint density at radius 1 is 1.16 bits per heavy atom. The van der Waals surface area contributed by atoms with E-state index in [4.69, 9.17) is 5.73 Å². The summed E-state index contributed by atoms with van der Waals surface area (Å²) in [6, 6.07) is 9.99. The lowest BCUT2D eigenvalue weighted by Gasteiger charge is -2.06. The fraction of sp³-hybridized carbons (Fsp3) is 0.111. The molecule has 0 aliphatic heterocycles. The quantitative estimate of drug-likeness (QED) is 0.664. The first kappa shape index (κ1) is 16.4. The molecule has 126 valence electrons. The molecule has 4 N–H and O–H groups in total. The number of rotatable bonds is 5. The van der Waals surface area contributed by atoms with Crippen molar-refractivity contribution in [1.82, 2.24) is 15.2 Å². The van der Waals surface area contributed by atoms with Crippen LogP contribution in [0, 0.1) is 0 Å². The molecule has 7 nitrogen and oxygen atoms in total. The molecule has 7 heteroatoms. The van der Waals surface area contributed by atoms with Gasteiger partial charge in [0.05, 0.1) is 5.69 Å². The van der Waals surface area contributed by atoms with Crippen molar-refractivity contribution in [3.8, 4) is 11.3 Å². The highest BCUT2D eigenvalue weighted by atomic mass is 16.2. The first-order valence-electron chi connectivity index (χ1n) is 7.79. The third-order valence-corrected chi connectivity index (χ3v) is 3.83. The third-order valence-electron chi connectivity index (χ3n) is 3.83. The number of anilines is 1. The normalized spacial score (nSPS) is 10.4. The number of nitrogens with zero attached hydrogens (tertiary/aromatic N) is 2. The summed E-state index contributed by atoms with van der Waals surface area (Å²) in [5.41, 5.74) is 8.55. The van der Waals surface area contributed by atoms with Crippen LogP contribution in [0.15, 0.2) is 48.8 Å². The highest BCUT2D eigenvalue weighted by Gasteiger charge is 2.16. The molecule has 2 heterocycles. The molecule has 0 radical (unpaired) electrons. The lowest BCUT2D eigenvalue weighted by atomic mass is 10.1. The highest BCUT2D eigenvalue weighted by Crippen LogP contribution is 2.27. The van der Waals surface area contributed by atoms with Gasteiger partial charge in [0.25, 0.3) is 5.91 Å². The van der Waals surface area contributed by atoms with Crippen LogP contribution in [0.3, 0.4) is 0 Å². The molecule has 3 rings (SSSR count). The summed E-state index contributed by atoms with van der Waals surface area (Å²) < 4.78 is 0. The Labute approximate surface area is 144 Å². The molecular weight excluding hydrogens is 318 g/mol. The van der Waals surface area contributed by atoms with E-state index in [-0.39, 0.29) is 11.5 Å². The zero-order chi connectivity index (χ0) is 17.8. The van der Waals surface area contributed by atoms with Crippen molar-refractivity contribution in [2.45, 2.75) is 13.3 Å². The molecule has 0 unspecified atom stereocenters. The van der Waals surface area contributed by atoms with Crippen molar-refractivity contribution < 1.29 is 9.59 Å². The molecular formula is C18H17N5O2. The van der Waals surface area contributed by atoms with E-state index in [0.717, 1.165) is 16.8 Å². The van der Waals surface area contributed by atoms with Crippen LogP contribution in [0.25, 0.3) is 11.3 Å². The number of pyridine rings is 1. The number of carbonyl (C=O) groups is 2. The summed E-state index contributed by atoms with van der Waals surface area (Å²) in [6.07, 6.45) is 4.08. The molecule has 0 fully saturated rings. The van der Waals surface area contributed by atoms with Gasteiger partial charge in [-0.05, 0) is 36.8 Å². The monoisotopic (exact) mass is 335 g/mol. The van der Waals surface area contributed by atoms with E-state index >= 15 is 0 Å². The fourth-order valence-corrected chi connectivity index (χ4v) is 2.56. The summed E-state index contributed by atoms with van der Waals surface area (Å²) in [5, 5.41) is 9.96. The molecule has 0 bridgehead atoms. The van der Waals surface area contributed by atoms with Crippen LogP contribution in [0.2, 0.25) is 0 Å². The minimum absolute atomic E-state index is 0.280. The molecule has 0 spiro atoms. The second-order valence-corrected chi connectivity index (χ2v) is 5.41. The molecule has 0 saturated carbocycles. The van der Waals surface area contributed by atoms with E-state index in [2.05, 4.69) is 20.5 Å². The third kappa shape index (κ3) is 3.40. The fourth-order valence-electron chi connectivity index (χ4n) is 2.56. The van der Waals surface area contributed by atoms with E-state index in [1.165, 1.54) is 6.07 Å². The molecule has 1 aromatic carbocycles. The summed E-state index contributed by atoms with van der Waals surface area (Å²) in [7, 11) is 0. The predicted molar refractivity (Wildman–Crippen MR) is 94.1 cm³/mol. The number of carbonyl (C=O) groups excluding carboxylic acids is 2. The summed E-state index contributed by atoms with van der Waals surface area (Å²) in [5.74, 6) is -0.474.